The lowest BCUT2D eigenvalue weighted by molar-refractivity contribution is -0.115. The van der Waals surface area contributed by atoms with Gasteiger partial charge in [0.15, 0.2) is 5.78 Å². The molecule has 0 radical (unpaired) electrons. The Balaban J connectivity index is 2.66. The van der Waals surface area contributed by atoms with Crippen molar-refractivity contribution >= 4 is 5.78 Å². The molecule has 14 heavy (non-hydrogen) atoms. The number of carbonyl (C=O) groups is 1. The normalized spacial score (nSPS) is 12.3. The number of allylic oxidation sites excluding steroid dienone is 4. The van der Waals surface area contributed by atoms with Crippen LogP contribution in [0.3, 0.4) is 0 Å². The minimum Gasteiger partial charge on any atom is -0.330 e. The molecule has 0 fully saturated rings. The Hall–Kier alpha value is -1.64. The zero-order chi connectivity index (χ0) is 10.4. The molecule has 3 heteroatoms. The summed E-state index contributed by atoms with van der Waals surface area (Å²) in [5.41, 5.74) is 0.737. The molecular weight excluding hydrogens is 176 g/mol. The van der Waals surface area contributed by atoms with Gasteiger partial charge in [-0.05, 0) is 13.8 Å². The zero-order valence-electron chi connectivity index (χ0n) is 8.47. The van der Waals surface area contributed by atoms with E-state index in [1.54, 1.807) is 23.3 Å². The highest BCUT2D eigenvalue weighted by Gasteiger charge is 2.05. The third kappa shape index (κ3) is 2.69. The molecular formula is C11H14N2O. The summed E-state index contributed by atoms with van der Waals surface area (Å²) in [5.74, 6) is 0.101. The van der Waals surface area contributed by atoms with Crippen molar-refractivity contribution in [3.05, 3.63) is 42.5 Å². The lowest BCUT2D eigenvalue weighted by atomic mass is 10.1. The Morgan fingerprint density at radius 1 is 1.50 bits per heavy atom. The van der Waals surface area contributed by atoms with Gasteiger partial charge in [-0.25, -0.2) is 4.98 Å². The monoisotopic (exact) mass is 190 g/mol. The molecule has 0 amide bonds. The Morgan fingerprint density at radius 2 is 2.29 bits per heavy atom. The van der Waals surface area contributed by atoms with Crippen molar-refractivity contribution in [2.75, 3.05) is 0 Å². The van der Waals surface area contributed by atoms with Crippen LogP contribution in [0.15, 0.2) is 42.5 Å². The topological polar surface area (TPSA) is 34.9 Å². The van der Waals surface area contributed by atoms with E-state index in [2.05, 4.69) is 4.98 Å². The number of hydrogen-bond donors (Lipinski definition) is 0. The Kier molecular flexibility index (Phi) is 3.85. The molecule has 3 nitrogen and oxygen atoms in total. The number of ketones is 1. The number of carbonyl (C=O) groups excluding carboxylic acids is 1. The van der Waals surface area contributed by atoms with E-state index in [9.17, 15) is 4.79 Å². The summed E-state index contributed by atoms with van der Waals surface area (Å²) in [6.07, 6.45) is 10.6. The van der Waals surface area contributed by atoms with Crippen molar-refractivity contribution in [2.24, 2.45) is 0 Å². The molecule has 0 aliphatic rings. The highest BCUT2D eigenvalue weighted by atomic mass is 16.1. The second kappa shape index (κ2) is 5.17. The third-order valence-electron chi connectivity index (χ3n) is 1.86. The van der Waals surface area contributed by atoms with Crippen molar-refractivity contribution in [1.82, 2.24) is 9.55 Å². The average molecular weight is 190 g/mol. The molecule has 0 aliphatic carbocycles. The van der Waals surface area contributed by atoms with E-state index in [-0.39, 0.29) is 5.78 Å². The van der Waals surface area contributed by atoms with Crippen molar-refractivity contribution in [3.63, 3.8) is 0 Å². The van der Waals surface area contributed by atoms with Gasteiger partial charge in [-0.2, -0.15) is 0 Å². The molecule has 0 spiro atoms. The average Bonchev–Trinajstić information content (AvgIpc) is 2.66. The first kappa shape index (κ1) is 10.4. The summed E-state index contributed by atoms with van der Waals surface area (Å²) in [7, 11) is 0. The first-order valence-corrected chi connectivity index (χ1v) is 4.56. The van der Waals surface area contributed by atoms with Crippen LogP contribution in [0.1, 0.15) is 13.8 Å². The predicted octanol–water partition coefficient (Wildman–Crippen LogP) is 1.97. The number of nitrogens with zero attached hydrogens (tertiary/aromatic N) is 2. The molecule has 0 bridgehead atoms. The van der Waals surface area contributed by atoms with Crippen molar-refractivity contribution in [2.45, 2.75) is 20.4 Å². The summed E-state index contributed by atoms with van der Waals surface area (Å²) < 4.78 is 1.76. The largest absolute Gasteiger partial charge is 0.330 e. The SMILES string of the molecule is C/C=C\C(=C/C)C(=O)Cn1ccnc1. The summed E-state index contributed by atoms with van der Waals surface area (Å²) in [4.78, 5) is 15.5. The maximum Gasteiger partial charge on any atom is 0.182 e. The third-order valence-corrected chi connectivity index (χ3v) is 1.86. The second-order valence-corrected chi connectivity index (χ2v) is 2.90. The number of Topliss-reactive ketones (excluding diaryl/α,β-unsaturated/α-hetero) is 1. The van der Waals surface area contributed by atoms with Gasteiger partial charge < -0.3 is 4.57 Å². The summed E-state index contributed by atoms with van der Waals surface area (Å²) in [6, 6.07) is 0. The molecule has 0 N–H and O–H groups in total. The fraction of sp³-hybridized carbons (Fsp3) is 0.273. The van der Waals surface area contributed by atoms with E-state index in [0.717, 1.165) is 5.57 Å². The molecule has 0 saturated heterocycles. The van der Waals surface area contributed by atoms with Gasteiger partial charge in [0.05, 0.1) is 12.9 Å². The number of aromatic nitrogens is 2. The smallest absolute Gasteiger partial charge is 0.182 e. The minimum absolute atomic E-state index is 0.101. The van der Waals surface area contributed by atoms with Crippen LogP contribution >= 0.6 is 0 Å². The lowest BCUT2D eigenvalue weighted by Gasteiger charge is -2.01. The van der Waals surface area contributed by atoms with Crippen LogP contribution in [0, 0.1) is 0 Å². The highest BCUT2D eigenvalue weighted by Crippen LogP contribution is 2.01. The van der Waals surface area contributed by atoms with Gasteiger partial charge >= 0.3 is 0 Å². The van der Waals surface area contributed by atoms with Crippen molar-refractivity contribution in [1.29, 1.82) is 0 Å². The molecule has 1 aromatic heterocycles. The first-order chi connectivity index (χ1) is 6.77. The number of rotatable bonds is 4. The highest BCUT2D eigenvalue weighted by molar-refractivity contribution is 5.97. The second-order valence-electron chi connectivity index (χ2n) is 2.90. The lowest BCUT2D eigenvalue weighted by Crippen LogP contribution is -2.09. The molecule has 0 saturated carbocycles. The van der Waals surface area contributed by atoms with Gasteiger partial charge in [0, 0.05) is 18.0 Å². The Bertz CT molecular complexity index is 347. The van der Waals surface area contributed by atoms with Crippen molar-refractivity contribution < 1.29 is 4.79 Å². The van der Waals surface area contributed by atoms with Gasteiger partial charge in [-0.1, -0.05) is 18.2 Å². The number of imidazole rings is 1. The van der Waals surface area contributed by atoms with E-state index in [4.69, 9.17) is 0 Å². The molecule has 0 aliphatic heterocycles. The molecule has 1 rings (SSSR count). The molecule has 0 unspecified atom stereocenters. The van der Waals surface area contributed by atoms with Crippen LogP contribution in [-0.4, -0.2) is 15.3 Å². The van der Waals surface area contributed by atoms with E-state index in [1.165, 1.54) is 0 Å². The molecule has 74 valence electrons. The van der Waals surface area contributed by atoms with E-state index in [0.29, 0.717) is 6.54 Å². The minimum atomic E-state index is 0.101. The van der Waals surface area contributed by atoms with Crippen molar-refractivity contribution in [3.8, 4) is 0 Å². The maximum atomic E-state index is 11.7. The van der Waals surface area contributed by atoms with Gasteiger partial charge in [-0.15, -0.1) is 0 Å². The predicted molar refractivity (Wildman–Crippen MR) is 55.8 cm³/mol. The Morgan fingerprint density at radius 3 is 2.79 bits per heavy atom. The van der Waals surface area contributed by atoms with Gasteiger partial charge in [-0.3, -0.25) is 4.79 Å². The fourth-order valence-electron chi connectivity index (χ4n) is 1.17. The number of hydrogen-bond acceptors (Lipinski definition) is 2. The van der Waals surface area contributed by atoms with Crippen LogP contribution in [0.25, 0.3) is 0 Å². The summed E-state index contributed by atoms with van der Waals surface area (Å²) in [5, 5.41) is 0. The van der Waals surface area contributed by atoms with Gasteiger partial charge in [0.2, 0.25) is 0 Å². The zero-order valence-corrected chi connectivity index (χ0v) is 8.47. The quantitative estimate of drug-likeness (QED) is 0.537. The maximum absolute atomic E-state index is 11.7. The van der Waals surface area contributed by atoms with Crippen LogP contribution in [0.2, 0.25) is 0 Å². The van der Waals surface area contributed by atoms with E-state index in [1.807, 2.05) is 32.1 Å². The van der Waals surface area contributed by atoms with E-state index >= 15 is 0 Å². The first-order valence-electron chi connectivity index (χ1n) is 4.56. The van der Waals surface area contributed by atoms with Gasteiger partial charge in [0.25, 0.3) is 0 Å². The van der Waals surface area contributed by atoms with Crippen LogP contribution in [-0.2, 0) is 11.3 Å². The fourth-order valence-corrected chi connectivity index (χ4v) is 1.17. The van der Waals surface area contributed by atoms with Crippen LogP contribution < -0.4 is 0 Å². The summed E-state index contributed by atoms with van der Waals surface area (Å²) in [6.45, 7) is 4.11. The van der Waals surface area contributed by atoms with Gasteiger partial charge in [0.1, 0.15) is 0 Å². The molecule has 0 aromatic carbocycles. The molecule has 1 heterocycles. The molecule has 1 aromatic rings. The van der Waals surface area contributed by atoms with Crippen LogP contribution in [0.5, 0.6) is 0 Å². The van der Waals surface area contributed by atoms with E-state index < -0.39 is 0 Å². The standard InChI is InChI=1S/C11H14N2O/c1-3-5-10(4-2)11(14)8-13-7-6-12-9-13/h3-7,9H,8H2,1-2H3/b5-3-,10-4+. The Labute approximate surface area is 83.8 Å². The summed E-state index contributed by atoms with van der Waals surface area (Å²) >= 11 is 0. The van der Waals surface area contributed by atoms with Crippen LogP contribution in [0.4, 0.5) is 0 Å². The molecule has 0 atom stereocenters.